The lowest BCUT2D eigenvalue weighted by Crippen LogP contribution is -2.50. The lowest BCUT2D eigenvalue weighted by Gasteiger charge is -2.30. The molecule has 1 N–H and O–H groups in total. The minimum atomic E-state index is -0.619. The maximum absolute atomic E-state index is 13.1. The van der Waals surface area contributed by atoms with Crippen molar-refractivity contribution >= 4 is 23.4 Å². The fourth-order valence-electron chi connectivity index (χ4n) is 3.09. The highest BCUT2D eigenvalue weighted by molar-refractivity contribution is 6.30. The maximum Gasteiger partial charge on any atom is 0.261 e. The van der Waals surface area contributed by atoms with Crippen molar-refractivity contribution in [3.8, 4) is 17.2 Å². The van der Waals surface area contributed by atoms with E-state index in [1.54, 1.807) is 30.3 Å². The molecule has 31 heavy (non-hydrogen) atoms. The van der Waals surface area contributed by atoms with Crippen molar-refractivity contribution in [1.82, 2.24) is 10.2 Å². The second-order valence-corrected chi connectivity index (χ2v) is 7.24. The minimum Gasteiger partial charge on any atom is -0.496 e. The van der Waals surface area contributed by atoms with Crippen LogP contribution in [0.4, 0.5) is 0 Å². The summed E-state index contributed by atoms with van der Waals surface area (Å²) >= 11 is 5.97. The van der Waals surface area contributed by atoms with Crippen molar-refractivity contribution in [2.24, 2.45) is 0 Å². The first-order valence-electron chi connectivity index (χ1n) is 10.1. The highest BCUT2D eigenvalue weighted by atomic mass is 35.5. The smallest absolute Gasteiger partial charge is 0.261 e. The molecule has 0 spiro atoms. The van der Waals surface area contributed by atoms with Gasteiger partial charge >= 0.3 is 0 Å². The van der Waals surface area contributed by atoms with E-state index in [0.29, 0.717) is 35.2 Å². The molecule has 2 rings (SSSR count). The van der Waals surface area contributed by atoms with Gasteiger partial charge in [0.05, 0.1) is 14.2 Å². The van der Waals surface area contributed by atoms with E-state index in [9.17, 15) is 9.59 Å². The Labute approximate surface area is 188 Å². The Balaban J connectivity index is 2.22. The molecule has 2 aromatic rings. The molecule has 168 valence electrons. The molecule has 2 amide bonds. The highest BCUT2D eigenvalue weighted by Crippen LogP contribution is 2.27. The number of halogens is 1. The van der Waals surface area contributed by atoms with Crippen LogP contribution in [0.2, 0.25) is 5.02 Å². The molecule has 0 aliphatic rings. The third-order valence-electron chi connectivity index (χ3n) is 4.69. The molecule has 0 aliphatic carbocycles. The van der Waals surface area contributed by atoms with Crippen LogP contribution in [-0.4, -0.2) is 50.1 Å². The van der Waals surface area contributed by atoms with Crippen LogP contribution in [0.5, 0.6) is 17.2 Å². The molecule has 0 unspecified atom stereocenters. The summed E-state index contributed by atoms with van der Waals surface area (Å²) in [4.78, 5) is 27.3. The number of methoxy groups -OCH3 is 2. The van der Waals surface area contributed by atoms with Gasteiger partial charge in [-0.05, 0) is 31.0 Å². The Kier molecular flexibility index (Phi) is 9.46. The quantitative estimate of drug-likeness (QED) is 0.567. The maximum atomic E-state index is 13.1. The van der Waals surface area contributed by atoms with E-state index in [2.05, 4.69) is 5.32 Å². The Morgan fingerprint density at radius 3 is 2.10 bits per heavy atom. The van der Waals surface area contributed by atoms with Gasteiger partial charge in [0.1, 0.15) is 23.3 Å². The van der Waals surface area contributed by atoms with Crippen LogP contribution < -0.4 is 19.5 Å². The molecule has 0 aromatic heterocycles. The van der Waals surface area contributed by atoms with Crippen LogP contribution in [-0.2, 0) is 16.1 Å². The summed E-state index contributed by atoms with van der Waals surface area (Å²) in [5, 5.41) is 3.41. The van der Waals surface area contributed by atoms with Crippen molar-refractivity contribution in [1.29, 1.82) is 0 Å². The number of nitrogens with zero attached hydrogens (tertiary/aromatic N) is 1. The molecule has 2 aromatic carbocycles. The van der Waals surface area contributed by atoms with Crippen molar-refractivity contribution in [2.75, 3.05) is 27.4 Å². The molecule has 0 saturated carbocycles. The molecular weight excluding hydrogens is 420 g/mol. The van der Waals surface area contributed by atoms with Gasteiger partial charge in [0.15, 0.2) is 6.61 Å². The number of hydrogen-bond donors (Lipinski definition) is 1. The normalized spacial score (nSPS) is 11.4. The molecule has 7 nitrogen and oxygen atoms in total. The predicted octanol–water partition coefficient (Wildman–Crippen LogP) is 3.68. The Morgan fingerprint density at radius 1 is 1.00 bits per heavy atom. The van der Waals surface area contributed by atoms with Gasteiger partial charge < -0.3 is 24.4 Å². The first-order valence-corrected chi connectivity index (χ1v) is 10.5. The van der Waals surface area contributed by atoms with Gasteiger partial charge in [-0.3, -0.25) is 9.59 Å². The molecule has 0 aliphatic heterocycles. The summed E-state index contributed by atoms with van der Waals surface area (Å²) in [5.74, 6) is 1.02. The van der Waals surface area contributed by atoms with Crippen LogP contribution in [0, 0.1) is 0 Å². The zero-order valence-corrected chi connectivity index (χ0v) is 19.1. The lowest BCUT2D eigenvalue weighted by atomic mass is 10.1. The van der Waals surface area contributed by atoms with E-state index in [-0.39, 0.29) is 25.0 Å². The van der Waals surface area contributed by atoms with Crippen molar-refractivity contribution in [2.45, 2.75) is 32.9 Å². The standard InChI is InChI=1S/C23H29ClN2O5/c1-5-21(23(28)25-6-2)26(14-16-7-9-17(24)10-8-16)22(27)15-31-20-12-18(29-3)11-19(13-20)30-4/h7-13,21H,5-6,14-15H2,1-4H3,(H,25,28)/t21-/m0/s1. The van der Waals surface area contributed by atoms with Crippen LogP contribution in [0.25, 0.3) is 0 Å². The van der Waals surface area contributed by atoms with Crippen molar-refractivity contribution < 1.29 is 23.8 Å². The third kappa shape index (κ3) is 7.07. The zero-order valence-electron chi connectivity index (χ0n) is 18.3. The van der Waals surface area contributed by atoms with E-state index in [1.807, 2.05) is 26.0 Å². The molecular formula is C23H29ClN2O5. The second-order valence-electron chi connectivity index (χ2n) is 6.80. The van der Waals surface area contributed by atoms with E-state index in [0.717, 1.165) is 5.56 Å². The van der Waals surface area contributed by atoms with Gasteiger partial charge in [-0.25, -0.2) is 0 Å². The van der Waals surface area contributed by atoms with Gasteiger partial charge in [-0.15, -0.1) is 0 Å². The zero-order chi connectivity index (χ0) is 22.8. The molecule has 0 heterocycles. The second kappa shape index (κ2) is 12.1. The van der Waals surface area contributed by atoms with Crippen LogP contribution in [0.1, 0.15) is 25.8 Å². The lowest BCUT2D eigenvalue weighted by molar-refractivity contribution is -0.142. The largest absolute Gasteiger partial charge is 0.496 e. The highest BCUT2D eigenvalue weighted by Gasteiger charge is 2.28. The Bertz CT molecular complexity index is 851. The molecule has 8 heteroatoms. The molecule has 0 saturated heterocycles. The van der Waals surface area contributed by atoms with Crippen molar-refractivity contribution in [3.05, 3.63) is 53.1 Å². The first-order chi connectivity index (χ1) is 14.9. The molecule has 0 bridgehead atoms. The molecule has 0 fully saturated rings. The third-order valence-corrected chi connectivity index (χ3v) is 4.94. The summed E-state index contributed by atoms with van der Waals surface area (Å²) in [5.41, 5.74) is 0.864. The monoisotopic (exact) mass is 448 g/mol. The van der Waals surface area contributed by atoms with Crippen LogP contribution >= 0.6 is 11.6 Å². The van der Waals surface area contributed by atoms with Gasteiger partial charge in [0.25, 0.3) is 5.91 Å². The Morgan fingerprint density at radius 2 is 1.58 bits per heavy atom. The van der Waals surface area contributed by atoms with Gasteiger partial charge in [0.2, 0.25) is 5.91 Å². The number of carbonyl (C=O) groups excluding carboxylic acids is 2. The number of amides is 2. The van der Waals surface area contributed by atoms with Crippen molar-refractivity contribution in [3.63, 3.8) is 0 Å². The van der Waals surface area contributed by atoms with Gasteiger partial charge in [-0.2, -0.15) is 0 Å². The Hall–Kier alpha value is -2.93. The predicted molar refractivity (Wildman–Crippen MR) is 120 cm³/mol. The topological polar surface area (TPSA) is 77.1 Å². The first kappa shape index (κ1) is 24.3. The van der Waals surface area contributed by atoms with Gasteiger partial charge in [-0.1, -0.05) is 30.7 Å². The number of rotatable bonds is 11. The summed E-state index contributed by atoms with van der Waals surface area (Å²) < 4.78 is 16.2. The molecule has 1 atom stereocenters. The number of benzene rings is 2. The summed E-state index contributed by atoms with van der Waals surface area (Å²) in [6, 6.07) is 11.6. The summed E-state index contributed by atoms with van der Waals surface area (Å²) in [6.45, 7) is 4.22. The van der Waals surface area contributed by atoms with Crippen LogP contribution in [0.3, 0.4) is 0 Å². The molecule has 0 radical (unpaired) electrons. The van der Waals surface area contributed by atoms with Crippen LogP contribution in [0.15, 0.2) is 42.5 Å². The number of nitrogens with one attached hydrogen (secondary N) is 1. The van der Waals surface area contributed by atoms with E-state index in [4.69, 9.17) is 25.8 Å². The van der Waals surface area contributed by atoms with E-state index >= 15 is 0 Å². The number of hydrogen-bond acceptors (Lipinski definition) is 5. The number of carbonyl (C=O) groups is 2. The summed E-state index contributed by atoms with van der Waals surface area (Å²) in [7, 11) is 3.07. The van der Waals surface area contributed by atoms with Gasteiger partial charge in [0, 0.05) is 36.3 Å². The number of ether oxygens (including phenoxy) is 3. The fourth-order valence-corrected chi connectivity index (χ4v) is 3.22. The number of likely N-dealkylation sites (N-methyl/N-ethyl adjacent to an activating group) is 1. The van der Waals surface area contributed by atoms with E-state index in [1.165, 1.54) is 19.1 Å². The SMILES string of the molecule is CCNC(=O)[C@H](CC)N(Cc1ccc(Cl)cc1)C(=O)COc1cc(OC)cc(OC)c1. The minimum absolute atomic E-state index is 0.199. The van der Waals surface area contributed by atoms with E-state index < -0.39 is 6.04 Å². The average molecular weight is 449 g/mol. The average Bonchev–Trinajstić information content (AvgIpc) is 2.78. The summed E-state index contributed by atoms with van der Waals surface area (Å²) in [6.07, 6.45) is 0.470. The fraction of sp³-hybridized carbons (Fsp3) is 0.391.